The van der Waals surface area contributed by atoms with E-state index in [1.807, 2.05) is 28.4 Å². The van der Waals surface area contributed by atoms with Crippen LogP contribution in [0.2, 0.25) is 0 Å². The van der Waals surface area contributed by atoms with Crippen LogP contribution in [0.3, 0.4) is 0 Å². The van der Waals surface area contributed by atoms with Crippen molar-refractivity contribution in [2.45, 2.75) is 70.0 Å². The molecule has 6 rings (SSSR count). The molecule has 0 spiro atoms. The standard InChI is InChI=1S/C26H28FN3OS/c27-18-8-5-7-17(15-18)24-22-12-6-14-29(22)25-21(20-11-3-4-13-23(20)32-25)16-30(24)26(31)28-19-9-1-2-10-19/h5-8,12,14-15,19,24H,1-4,9-11,13,16H2,(H,28,31)/t24-/m1/s1. The van der Waals surface area contributed by atoms with Crippen LogP contribution in [0.5, 0.6) is 0 Å². The molecule has 1 atom stereocenters. The van der Waals surface area contributed by atoms with Crippen LogP contribution < -0.4 is 5.32 Å². The van der Waals surface area contributed by atoms with Gasteiger partial charge in [-0.25, -0.2) is 9.18 Å². The number of hydrogen-bond donors (Lipinski definition) is 1. The van der Waals surface area contributed by atoms with Gasteiger partial charge in [-0.3, -0.25) is 0 Å². The molecule has 1 saturated carbocycles. The predicted octanol–water partition coefficient (Wildman–Crippen LogP) is 6.11. The first-order chi connectivity index (χ1) is 15.7. The lowest BCUT2D eigenvalue weighted by Crippen LogP contribution is -2.45. The van der Waals surface area contributed by atoms with Gasteiger partial charge in [-0.15, -0.1) is 11.3 Å². The molecule has 3 heterocycles. The molecule has 1 fully saturated rings. The summed E-state index contributed by atoms with van der Waals surface area (Å²) in [4.78, 5) is 17.1. The van der Waals surface area contributed by atoms with Gasteiger partial charge >= 0.3 is 6.03 Å². The summed E-state index contributed by atoms with van der Waals surface area (Å²) in [6, 6.07) is 10.7. The molecule has 0 unspecified atom stereocenters. The second kappa shape index (κ2) is 8.07. The minimum atomic E-state index is -0.332. The fraction of sp³-hybridized carbons (Fsp3) is 0.423. The van der Waals surface area contributed by atoms with Crippen molar-refractivity contribution in [3.8, 4) is 5.00 Å². The second-order valence-corrected chi connectivity index (χ2v) is 10.4. The maximum Gasteiger partial charge on any atom is 0.318 e. The van der Waals surface area contributed by atoms with E-state index in [0.29, 0.717) is 6.54 Å². The van der Waals surface area contributed by atoms with Crippen LogP contribution >= 0.6 is 11.3 Å². The Morgan fingerprint density at radius 1 is 1.03 bits per heavy atom. The number of nitrogens with one attached hydrogen (secondary N) is 1. The van der Waals surface area contributed by atoms with Gasteiger partial charge in [0.1, 0.15) is 10.8 Å². The first kappa shape index (κ1) is 20.0. The van der Waals surface area contributed by atoms with E-state index < -0.39 is 0 Å². The van der Waals surface area contributed by atoms with Gasteiger partial charge in [0.2, 0.25) is 0 Å². The number of aryl methyl sites for hydroxylation is 1. The summed E-state index contributed by atoms with van der Waals surface area (Å²) >= 11 is 1.88. The first-order valence-electron chi connectivity index (χ1n) is 11.8. The largest absolute Gasteiger partial charge is 0.335 e. The summed E-state index contributed by atoms with van der Waals surface area (Å²) in [5.74, 6) is -0.270. The zero-order valence-electron chi connectivity index (χ0n) is 18.1. The number of nitrogens with zero attached hydrogens (tertiary/aromatic N) is 2. The van der Waals surface area contributed by atoms with Gasteiger partial charge in [-0.05, 0) is 73.9 Å². The monoisotopic (exact) mass is 449 g/mol. The molecular weight excluding hydrogens is 421 g/mol. The Morgan fingerprint density at radius 2 is 1.88 bits per heavy atom. The molecule has 0 bridgehead atoms. The lowest BCUT2D eigenvalue weighted by molar-refractivity contribution is 0.176. The number of aromatic nitrogens is 1. The summed E-state index contributed by atoms with van der Waals surface area (Å²) in [5, 5.41) is 4.54. The highest BCUT2D eigenvalue weighted by atomic mass is 32.1. The normalized spacial score (nSPS) is 20.4. The summed E-state index contributed by atoms with van der Waals surface area (Å²) in [6.07, 6.45) is 11.2. The Balaban J connectivity index is 1.49. The van der Waals surface area contributed by atoms with Crippen LogP contribution in [0.25, 0.3) is 5.00 Å². The Hall–Kier alpha value is -2.60. The summed E-state index contributed by atoms with van der Waals surface area (Å²) in [7, 11) is 0. The van der Waals surface area contributed by atoms with Crippen molar-refractivity contribution in [2.75, 3.05) is 0 Å². The quantitative estimate of drug-likeness (QED) is 0.503. The lowest BCUT2D eigenvalue weighted by atomic mass is 9.95. The number of benzene rings is 1. The van der Waals surface area contributed by atoms with Crippen LogP contribution in [-0.2, 0) is 19.4 Å². The highest BCUT2D eigenvalue weighted by molar-refractivity contribution is 7.15. The third-order valence-corrected chi connectivity index (χ3v) is 8.62. The molecular formula is C26H28FN3OS. The number of fused-ring (bicyclic) bond motifs is 5. The summed E-state index contributed by atoms with van der Waals surface area (Å²) < 4.78 is 16.5. The van der Waals surface area contributed by atoms with E-state index in [1.54, 1.807) is 12.1 Å². The van der Waals surface area contributed by atoms with Crippen molar-refractivity contribution >= 4 is 17.4 Å². The second-order valence-electron chi connectivity index (χ2n) is 9.31. The van der Waals surface area contributed by atoms with Crippen LogP contribution in [0.1, 0.15) is 71.8 Å². The summed E-state index contributed by atoms with van der Waals surface area (Å²) in [5.41, 5.74) is 4.56. The van der Waals surface area contributed by atoms with Crippen molar-refractivity contribution in [3.05, 3.63) is 75.7 Å². The number of carbonyl (C=O) groups excluding carboxylic acids is 1. The molecule has 32 heavy (non-hydrogen) atoms. The number of carbonyl (C=O) groups is 1. The first-order valence-corrected chi connectivity index (χ1v) is 12.6. The maximum absolute atomic E-state index is 14.3. The molecule has 1 aliphatic heterocycles. The molecule has 0 saturated heterocycles. The molecule has 2 aliphatic carbocycles. The van der Waals surface area contributed by atoms with E-state index in [-0.39, 0.29) is 23.9 Å². The Kier molecular flexibility index (Phi) is 5.05. The highest BCUT2D eigenvalue weighted by Gasteiger charge is 2.36. The number of amides is 2. The number of rotatable bonds is 2. The van der Waals surface area contributed by atoms with Crippen molar-refractivity contribution in [2.24, 2.45) is 0 Å². The van der Waals surface area contributed by atoms with Crippen molar-refractivity contribution in [1.82, 2.24) is 14.8 Å². The van der Waals surface area contributed by atoms with Crippen LogP contribution in [-0.4, -0.2) is 21.5 Å². The average Bonchev–Trinajstić information content (AvgIpc) is 3.53. The molecule has 0 radical (unpaired) electrons. The van der Waals surface area contributed by atoms with E-state index in [2.05, 4.69) is 22.1 Å². The minimum Gasteiger partial charge on any atom is -0.335 e. The Bertz CT molecular complexity index is 1160. The lowest BCUT2D eigenvalue weighted by Gasteiger charge is -2.32. The molecule has 166 valence electrons. The zero-order chi connectivity index (χ0) is 21.7. The predicted molar refractivity (Wildman–Crippen MR) is 125 cm³/mol. The molecule has 1 N–H and O–H groups in total. The van der Waals surface area contributed by atoms with Gasteiger partial charge in [-0.2, -0.15) is 0 Å². The Morgan fingerprint density at radius 3 is 2.72 bits per heavy atom. The molecule has 6 heteroatoms. The number of urea groups is 1. The number of hydrogen-bond acceptors (Lipinski definition) is 2. The van der Waals surface area contributed by atoms with Gasteiger partial charge in [0, 0.05) is 22.7 Å². The van der Waals surface area contributed by atoms with E-state index in [0.717, 1.165) is 36.9 Å². The SMILES string of the molecule is O=C(NC1CCCC1)N1Cc2c(sc3c2CCCC3)-n2cccc2[C@H]1c1cccc(F)c1. The van der Waals surface area contributed by atoms with E-state index in [1.165, 1.54) is 52.8 Å². The molecule has 4 nitrogen and oxygen atoms in total. The van der Waals surface area contributed by atoms with Crippen LogP contribution in [0, 0.1) is 5.82 Å². The molecule has 1 aromatic carbocycles. The number of halogens is 1. The van der Waals surface area contributed by atoms with Crippen molar-refractivity contribution in [3.63, 3.8) is 0 Å². The van der Waals surface area contributed by atoms with Crippen LogP contribution in [0.15, 0.2) is 42.6 Å². The van der Waals surface area contributed by atoms with Crippen molar-refractivity contribution < 1.29 is 9.18 Å². The smallest absolute Gasteiger partial charge is 0.318 e. The zero-order valence-corrected chi connectivity index (χ0v) is 19.0. The third kappa shape index (κ3) is 3.36. The molecule has 3 aliphatic rings. The van der Waals surface area contributed by atoms with Gasteiger partial charge in [-0.1, -0.05) is 25.0 Å². The van der Waals surface area contributed by atoms with E-state index in [4.69, 9.17) is 0 Å². The van der Waals surface area contributed by atoms with E-state index >= 15 is 0 Å². The topological polar surface area (TPSA) is 37.3 Å². The van der Waals surface area contributed by atoms with Gasteiger partial charge in [0.05, 0.1) is 18.3 Å². The maximum atomic E-state index is 14.3. The third-order valence-electron chi connectivity index (χ3n) is 7.29. The van der Waals surface area contributed by atoms with Gasteiger partial charge in [0.15, 0.2) is 0 Å². The Labute approximate surface area is 192 Å². The van der Waals surface area contributed by atoms with Gasteiger partial charge in [0.25, 0.3) is 0 Å². The van der Waals surface area contributed by atoms with E-state index in [9.17, 15) is 9.18 Å². The van der Waals surface area contributed by atoms with Crippen molar-refractivity contribution in [1.29, 1.82) is 0 Å². The highest BCUT2D eigenvalue weighted by Crippen LogP contribution is 2.44. The number of thiophene rings is 1. The molecule has 2 amide bonds. The molecule has 2 aromatic heterocycles. The fourth-order valence-corrected chi connectivity index (χ4v) is 7.15. The molecule has 3 aromatic rings. The van der Waals surface area contributed by atoms with Gasteiger partial charge < -0.3 is 14.8 Å². The fourth-order valence-electron chi connectivity index (χ4n) is 5.74. The summed E-state index contributed by atoms with van der Waals surface area (Å²) in [6.45, 7) is 0.558. The average molecular weight is 450 g/mol. The van der Waals surface area contributed by atoms with Crippen LogP contribution in [0.4, 0.5) is 9.18 Å². The minimum absolute atomic E-state index is 0.0393.